The second-order valence-corrected chi connectivity index (χ2v) is 7.56. The minimum Gasteiger partial charge on any atom is -0.387 e. The van der Waals surface area contributed by atoms with E-state index in [0.717, 1.165) is 39.0 Å². The van der Waals surface area contributed by atoms with Crippen LogP contribution < -0.4 is 10.6 Å². The summed E-state index contributed by atoms with van der Waals surface area (Å²) in [5.41, 5.74) is 1.06. The molecule has 4 heteroatoms. The number of hydrogen-bond donors (Lipinski definition) is 3. The van der Waals surface area contributed by atoms with E-state index in [1.54, 1.807) is 0 Å². The van der Waals surface area contributed by atoms with Crippen molar-refractivity contribution in [3.05, 3.63) is 35.9 Å². The third-order valence-corrected chi connectivity index (χ3v) is 5.70. The summed E-state index contributed by atoms with van der Waals surface area (Å²) >= 11 is 0. The van der Waals surface area contributed by atoms with Crippen LogP contribution in [0.25, 0.3) is 0 Å². The van der Waals surface area contributed by atoms with Gasteiger partial charge < -0.3 is 20.6 Å². The van der Waals surface area contributed by atoms with Gasteiger partial charge in [0.15, 0.2) is 0 Å². The molecular formula is C19H31N3O. The summed E-state index contributed by atoms with van der Waals surface area (Å²) in [5.74, 6) is 0. The van der Waals surface area contributed by atoms with E-state index in [0.29, 0.717) is 13.1 Å². The highest BCUT2D eigenvalue weighted by atomic mass is 16.3. The van der Waals surface area contributed by atoms with Crippen LogP contribution in [0.15, 0.2) is 30.3 Å². The number of hydrogen-bond acceptors (Lipinski definition) is 4. The van der Waals surface area contributed by atoms with Gasteiger partial charge >= 0.3 is 0 Å². The summed E-state index contributed by atoms with van der Waals surface area (Å²) in [5, 5.41) is 17.6. The predicted octanol–water partition coefficient (Wildman–Crippen LogP) is 1.35. The van der Waals surface area contributed by atoms with E-state index in [2.05, 4.69) is 52.9 Å². The highest BCUT2D eigenvalue weighted by Gasteiger charge is 2.36. The van der Waals surface area contributed by atoms with Gasteiger partial charge in [0.1, 0.15) is 0 Å². The zero-order valence-corrected chi connectivity index (χ0v) is 14.4. The molecule has 0 bridgehead atoms. The Morgan fingerprint density at radius 1 is 1.13 bits per heavy atom. The molecule has 2 aliphatic heterocycles. The number of aliphatic hydroxyl groups is 1. The van der Waals surface area contributed by atoms with E-state index in [-0.39, 0.29) is 5.41 Å². The first kappa shape index (κ1) is 16.9. The Kier molecular flexibility index (Phi) is 5.37. The number of rotatable bonds is 5. The van der Waals surface area contributed by atoms with Crippen LogP contribution in [-0.4, -0.2) is 61.9 Å². The quantitative estimate of drug-likeness (QED) is 0.767. The molecule has 2 heterocycles. The van der Waals surface area contributed by atoms with Gasteiger partial charge in [-0.25, -0.2) is 0 Å². The topological polar surface area (TPSA) is 47.5 Å². The van der Waals surface area contributed by atoms with Gasteiger partial charge in [0.2, 0.25) is 0 Å². The van der Waals surface area contributed by atoms with Crippen LogP contribution in [0.2, 0.25) is 0 Å². The summed E-state index contributed by atoms with van der Waals surface area (Å²) in [4.78, 5) is 2.42. The standard InChI is InChI=1S/C19H31N3O/c1-22-12-9-18(10-13-22,17-6-3-2-4-7-17)14-21-16-19(23)8-5-11-20-15-19/h2-4,6-7,20-21,23H,5,8-16H2,1H3. The lowest BCUT2D eigenvalue weighted by molar-refractivity contribution is 0.0151. The van der Waals surface area contributed by atoms with Crippen LogP contribution in [0.3, 0.4) is 0 Å². The SMILES string of the molecule is CN1CCC(CNCC2(O)CCCNC2)(c2ccccc2)CC1. The molecule has 0 spiro atoms. The second-order valence-electron chi connectivity index (χ2n) is 7.56. The van der Waals surface area contributed by atoms with Gasteiger partial charge in [-0.3, -0.25) is 0 Å². The van der Waals surface area contributed by atoms with E-state index in [4.69, 9.17) is 0 Å². The number of nitrogens with one attached hydrogen (secondary N) is 2. The molecule has 4 nitrogen and oxygen atoms in total. The highest BCUT2D eigenvalue weighted by Crippen LogP contribution is 2.34. The molecule has 0 aromatic heterocycles. The van der Waals surface area contributed by atoms with Crippen LogP contribution in [-0.2, 0) is 5.41 Å². The molecule has 0 amide bonds. The zero-order chi connectivity index (χ0) is 16.2. The average Bonchev–Trinajstić information content (AvgIpc) is 2.58. The van der Waals surface area contributed by atoms with Crippen molar-refractivity contribution in [2.45, 2.75) is 36.7 Å². The van der Waals surface area contributed by atoms with Crippen LogP contribution in [0.5, 0.6) is 0 Å². The van der Waals surface area contributed by atoms with Gasteiger partial charge in [-0.05, 0) is 57.9 Å². The van der Waals surface area contributed by atoms with Gasteiger partial charge in [0.25, 0.3) is 0 Å². The van der Waals surface area contributed by atoms with Crippen molar-refractivity contribution in [2.24, 2.45) is 0 Å². The fourth-order valence-electron chi connectivity index (χ4n) is 4.04. The van der Waals surface area contributed by atoms with Crippen LogP contribution in [0, 0.1) is 0 Å². The monoisotopic (exact) mass is 317 g/mol. The molecule has 1 aromatic carbocycles. The van der Waals surface area contributed by atoms with Crippen molar-refractivity contribution >= 4 is 0 Å². The lowest BCUT2D eigenvalue weighted by Crippen LogP contribution is -2.54. The Morgan fingerprint density at radius 2 is 1.87 bits per heavy atom. The second kappa shape index (κ2) is 7.31. The molecule has 3 N–H and O–H groups in total. The molecule has 128 valence electrons. The zero-order valence-electron chi connectivity index (χ0n) is 14.4. The number of β-amino-alcohol motifs (C(OH)–C–C–N with tert-alkyl or cyclic N) is 1. The normalized spacial score (nSPS) is 28.6. The van der Waals surface area contributed by atoms with Gasteiger partial charge in [-0.1, -0.05) is 30.3 Å². The third-order valence-electron chi connectivity index (χ3n) is 5.70. The van der Waals surface area contributed by atoms with Crippen molar-refractivity contribution < 1.29 is 5.11 Å². The van der Waals surface area contributed by atoms with Crippen LogP contribution in [0.4, 0.5) is 0 Å². The van der Waals surface area contributed by atoms with E-state index in [1.165, 1.54) is 18.4 Å². The molecule has 0 radical (unpaired) electrons. The van der Waals surface area contributed by atoms with Crippen molar-refractivity contribution in [1.29, 1.82) is 0 Å². The molecule has 1 atom stereocenters. The van der Waals surface area contributed by atoms with Crippen molar-refractivity contribution in [3.63, 3.8) is 0 Å². The van der Waals surface area contributed by atoms with E-state index >= 15 is 0 Å². The van der Waals surface area contributed by atoms with E-state index in [9.17, 15) is 5.11 Å². The number of benzene rings is 1. The summed E-state index contributed by atoms with van der Waals surface area (Å²) < 4.78 is 0. The summed E-state index contributed by atoms with van der Waals surface area (Å²) in [6.07, 6.45) is 4.31. The number of piperidine rings is 2. The van der Waals surface area contributed by atoms with Crippen LogP contribution in [0.1, 0.15) is 31.2 Å². The minimum atomic E-state index is -0.582. The fourth-order valence-corrected chi connectivity index (χ4v) is 4.04. The number of likely N-dealkylation sites (tertiary alicyclic amines) is 1. The van der Waals surface area contributed by atoms with Gasteiger partial charge in [-0.15, -0.1) is 0 Å². The lowest BCUT2D eigenvalue weighted by Gasteiger charge is -2.42. The maximum Gasteiger partial charge on any atom is 0.0895 e. The Labute approximate surface area is 140 Å². The Morgan fingerprint density at radius 3 is 2.52 bits per heavy atom. The highest BCUT2D eigenvalue weighted by molar-refractivity contribution is 5.27. The minimum absolute atomic E-state index is 0.201. The third kappa shape index (κ3) is 4.13. The smallest absolute Gasteiger partial charge is 0.0895 e. The molecule has 2 saturated heterocycles. The summed E-state index contributed by atoms with van der Waals surface area (Å²) in [6.45, 7) is 5.66. The maximum absolute atomic E-state index is 10.7. The fraction of sp³-hybridized carbons (Fsp3) is 0.684. The molecule has 0 saturated carbocycles. The predicted molar refractivity (Wildman–Crippen MR) is 94.8 cm³/mol. The summed E-state index contributed by atoms with van der Waals surface area (Å²) in [7, 11) is 2.21. The van der Waals surface area contributed by atoms with E-state index < -0.39 is 5.60 Å². The maximum atomic E-state index is 10.7. The molecule has 0 aliphatic carbocycles. The molecule has 23 heavy (non-hydrogen) atoms. The van der Waals surface area contributed by atoms with Crippen LogP contribution >= 0.6 is 0 Å². The molecule has 3 rings (SSSR count). The molecule has 1 unspecified atom stereocenters. The molecular weight excluding hydrogens is 286 g/mol. The Bertz CT molecular complexity index is 477. The van der Waals surface area contributed by atoms with Gasteiger partial charge in [0.05, 0.1) is 5.60 Å². The van der Waals surface area contributed by atoms with Crippen molar-refractivity contribution in [2.75, 3.05) is 46.3 Å². The first-order chi connectivity index (χ1) is 11.1. The Hall–Kier alpha value is -0.940. The van der Waals surface area contributed by atoms with E-state index in [1.807, 2.05) is 0 Å². The Balaban J connectivity index is 1.65. The summed E-state index contributed by atoms with van der Waals surface area (Å²) in [6, 6.07) is 10.9. The largest absolute Gasteiger partial charge is 0.387 e. The first-order valence-electron chi connectivity index (χ1n) is 9.00. The molecule has 1 aromatic rings. The number of nitrogens with zero attached hydrogens (tertiary/aromatic N) is 1. The molecule has 2 fully saturated rings. The van der Waals surface area contributed by atoms with Crippen molar-refractivity contribution in [3.8, 4) is 0 Å². The van der Waals surface area contributed by atoms with Gasteiger partial charge in [0, 0.05) is 25.0 Å². The first-order valence-corrected chi connectivity index (χ1v) is 9.00. The average molecular weight is 317 g/mol. The lowest BCUT2D eigenvalue weighted by atomic mass is 9.72. The molecule has 2 aliphatic rings. The van der Waals surface area contributed by atoms with Gasteiger partial charge in [-0.2, -0.15) is 0 Å². The van der Waals surface area contributed by atoms with Crippen molar-refractivity contribution in [1.82, 2.24) is 15.5 Å².